The zero-order valence-corrected chi connectivity index (χ0v) is 21.4. The largest absolute Gasteiger partial charge is 0.352 e. The second-order valence-electron chi connectivity index (χ2n) is 9.18. The molecule has 180 valence electrons. The molecule has 7 heteroatoms. The lowest BCUT2D eigenvalue weighted by atomic mass is 10.1. The molecule has 1 N–H and O–H groups in total. The van der Waals surface area contributed by atoms with E-state index in [9.17, 15) is 4.79 Å². The fourth-order valence-corrected chi connectivity index (χ4v) is 5.52. The third kappa shape index (κ3) is 5.15. The number of piperazine rings is 1. The van der Waals surface area contributed by atoms with Crippen LogP contribution in [0.1, 0.15) is 27.4 Å². The number of amides is 2. The summed E-state index contributed by atoms with van der Waals surface area (Å²) in [6, 6.07) is 18.4. The number of carbonyl (C=O) groups is 1. The molecule has 3 heterocycles. The second-order valence-corrected chi connectivity index (χ2v) is 10.4. The summed E-state index contributed by atoms with van der Waals surface area (Å²) in [6.45, 7) is 9.17. The third-order valence-electron chi connectivity index (χ3n) is 6.71. The fourth-order valence-electron chi connectivity index (χ4n) is 4.47. The summed E-state index contributed by atoms with van der Waals surface area (Å²) in [5, 5.41) is 4.18. The Balaban J connectivity index is 1.32. The maximum absolute atomic E-state index is 12.8. The monoisotopic (exact) mass is 485 g/mol. The van der Waals surface area contributed by atoms with E-state index in [0.29, 0.717) is 13.1 Å². The lowest BCUT2D eigenvalue weighted by molar-refractivity contribution is 0.208. The summed E-state index contributed by atoms with van der Waals surface area (Å²) < 4.78 is 0. The first kappa shape index (κ1) is 23.3. The summed E-state index contributed by atoms with van der Waals surface area (Å²) in [6.07, 6.45) is 1.73. The van der Waals surface area contributed by atoms with E-state index in [0.717, 1.165) is 53.5 Å². The number of aryl methyl sites for hydroxylation is 5. The van der Waals surface area contributed by atoms with Crippen LogP contribution in [0.5, 0.6) is 0 Å². The number of nitrogens with zero attached hydrogens (tertiary/aromatic N) is 4. The second kappa shape index (κ2) is 10.0. The molecule has 2 aromatic heterocycles. The average molecular weight is 486 g/mol. The van der Waals surface area contributed by atoms with Gasteiger partial charge in [0.1, 0.15) is 16.5 Å². The van der Waals surface area contributed by atoms with Crippen LogP contribution in [-0.2, 0) is 12.8 Å². The maximum atomic E-state index is 12.8. The van der Waals surface area contributed by atoms with Gasteiger partial charge in [0.15, 0.2) is 0 Å². The van der Waals surface area contributed by atoms with E-state index in [-0.39, 0.29) is 6.03 Å². The summed E-state index contributed by atoms with van der Waals surface area (Å²) in [5.74, 6) is 1.90. The quantitative estimate of drug-likeness (QED) is 0.391. The third-order valence-corrected chi connectivity index (χ3v) is 7.81. The van der Waals surface area contributed by atoms with Gasteiger partial charge in [0.2, 0.25) is 0 Å². The Labute approximate surface area is 210 Å². The number of thiophene rings is 1. The topological polar surface area (TPSA) is 61.4 Å². The molecular formula is C28H31N5OS. The highest BCUT2D eigenvalue weighted by Crippen LogP contribution is 2.35. The van der Waals surface area contributed by atoms with E-state index >= 15 is 0 Å². The maximum Gasteiger partial charge on any atom is 0.321 e. The zero-order chi connectivity index (χ0) is 24.4. The van der Waals surface area contributed by atoms with Gasteiger partial charge in [-0.1, -0.05) is 48.0 Å². The van der Waals surface area contributed by atoms with E-state index in [1.165, 1.54) is 21.6 Å². The number of anilines is 2. The summed E-state index contributed by atoms with van der Waals surface area (Å²) in [7, 11) is 0. The number of benzene rings is 2. The highest BCUT2D eigenvalue weighted by Gasteiger charge is 2.25. The predicted molar refractivity (Wildman–Crippen MR) is 145 cm³/mol. The highest BCUT2D eigenvalue weighted by atomic mass is 32.1. The molecular weight excluding hydrogens is 454 g/mol. The minimum Gasteiger partial charge on any atom is -0.352 e. The van der Waals surface area contributed by atoms with Crippen molar-refractivity contribution in [3.63, 3.8) is 0 Å². The van der Waals surface area contributed by atoms with E-state index in [1.54, 1.807) is 11.3 Å². The Kier molecular flexibility index (Phi) is 6.68. The molecule has 1 saturated heterocycles. The van der Waals surface area contributed by atoms with Gasteiger partial charge in [0.25, 0.3) is 0 Å². The van der Waals surface area contributed by atoms with Crippen molar-refractivity contribution in [2.45, 2.75) is 33.6 Å². The predicted octanol–water partition coefficient (Wildman–Crippen LogP) is 5.76. The summed E-state index contributed by atoms with van der Waals surface area (Å²) in [4.78, 5) is 29.4. The van der Waals surface area contributed by atoms with Crippen LogP contribution in [0.4, 0.5) is 16.3 Å². The van der Waals surface area contributed by atoms with Crippen LogP contribution < -0.4 is 10.2 Å². The van der Waals surface area contributed by atoms with Gasteiger partial charge >= 0.3 is 6.03 Å². The van der Waals surface area contributed by atoms with Crippen molar-refractivity contribution < 1.29 is 4.79 Å². The van der Waals surface area contributed by atoms with Crippen molar-refractivity contribution in [1.82, 2.24) is 14.9 Å². The van der Waals surface area contributed by atoms with Gasteiger partial charge in [0.05, 0.1) is 5.39 Å². The smallest absolute Gasteiger partial charge is 0.321 e. The normalized spacial score (nSPS) is 13.9. The van der Waals surface area contributed by atoms with Crippen molar-refractivity contribution >= 4 is 39.1 Å². The number of hydrogen-bond acceptors (Lipinski definition) is 5. The van der Waals surface area contributed by atoms with Crippen molar-refractivity contribution in [3.8, 4) is 0 Å². The molecule has 6 nitrogen and oxygen atoms in total. The minimum atomic E-state index is -0.0487. The van der Waals surface area contributed by atoms with Gasteiger partial charge in [-0.2, -0.15) is 0 Å². The van der Waals surface area contributed by atoms with Gasteiger partial charge in [0, 0.05) is 43.2 Å². The lowest BCUT2D eigenvalue weighted by Gasteiger charge is -2.35. The van der Waals surface area contributed by atoms with Gasteiger partial charge in [-0.05, 0) is 50.5 Å². The molecule has 2 amide bonds. The van der Waals surface area contributed by atoms with Crippen LogP contribution in [0.3, 0.4) is 0 Å². The number of aromatic nitrogens is 2. The van der Waals surface area contributed by atoms with Gasteiger partial charge < -0.3 is 15.1 Å². The van der Waals surface area contributed by atoms with Crippen LogP contribution in [0, 0.1) is 20.8 Å². The molecule has 35 heavy (non-hydrogen) atoms. The molecule has 2 aromatic carbocycles. The summed E-state index contributed by atoms with van der Waals surface area (Å²) in [5.41, 5.74) is 4.56. The van der Waals surface area contributed by atoms with Gasteiger partial charge in [-0.3, -0.25) is 0 Å². The Hall–Kier alpha value is -3.45. The highest BCUT2D eigenvalue weighted by molar-refractivity contribution is 7.18. The minimum absolute atomic E-state index is 0.0487. The lowest BCUT2D eigenvalue weighted by Crippen LogP contribution is -2.50. The standard InChI is InChI=1S/C28H31N5OS/c1-19-9-12-23(13-10-19)29-28(34)33-17-15-32(16-18-33)26-25-20(2)21(3)35-27(25)31-24(30-26)14-11-22-7-5-4-6-8-22/h4-10,12-13H,11,14-18H2,1-3H3,(H,29,34). The van der Waals surface area contributed by atoms with Crippen LogP contribution in [0.15, 0.2) is 54.6 Å². The molecule has 1 aliphatic rings. The molecule has 1 aliphatic heterocycles. The molecule has 0 bridgehead atoms. The SMILES string of the molecule is Cc1ccc(NC(=O)N2CCN(c3nc(CCc4ccccc4)nc4sc(C)c(C)c34)CC2)cc1. The number of carbonyl (C=O) groups excluding carboxylic acids is 1. The number of fused-ring (bicyclic) bond motifs is 1. The molecule has 1 fully saturated rings. The van der Waals surface area contributed by atoms with Crippen molar-refractivity contribution in [2.75, 3.05) is 36.4 Å². The van der Waals surface area contributed by atoms with E-state index < -0.39 is 0 Å². The molecule has 0 atom stereocenters. The first-order chi connectivity index (χ1) is 17.0. The average Bonchev–Trinajstić information content (AvgIpc) is 3.17. The molecule has 4 aromatic rings. The number of nitrogens with one attached hydrogen (secondary N) is 1. The fraction of sp³-hybridized carbons (Fsp3) is 0.321. The molecule has 0 spiro atoms. The first-order valence-corrected chi connectivity index (χ1v) is 13.0. The molecule has 0 saturated carbocycles. The summed E-state index contributed by atoms with van der Waals surface area (Å²) >= 11 is 1.75. The number of rotatable bonds is 5. The van der Waals surface area contributed by atoms with E-state index in [4.69, 9.17) is 9.97 Å². The van der Waals surface area contributed by atoms with E-state index in [2.05, 4.69) is 48.3 Å². The van der Waals surface area contributed by atoms with E-state index in [1.807, 2.05) is 42.2 Å². The first-order valence-electron chi connectivity index (χ1n) is 12.2. The zero-order valence-electron chi connectivity index (χ0n) is 20.5. The molecule has 0 aliphatic carbocycles. The van der Waals surface area contributed by atoms with Crippen LogP contribution in [0.25, 0.3) is 10.2 Å². The van der Waals surface area contributed by atoms with Gasteiger partial charge in [-0.25, -0.2) is 14.8 Å². The van der Waals surface area contributed by atoms with Crippen LogP contribution in [-0.4, -0.2) is 47.1 Å². The van der Waals surface area contributed by atoms with Crippen LogP contribution >= 0.6 is 11.3 Å². The number of hydrogen-bond donors (Lipinski definition) is 1. The molecule has 5 rings (SSSR count). The van der Waals surface area contributed by atoms with Crippen molar-refractivity contribution in [2.24, 2.45) is 0 Å². The molecule has 0 radical (unpaired) electrons. The Bertz CT molecular complexity index is 1330. The van der Waals surface area contributed by atoms with Crippen molar-refractivity contribution in [1.29, 1.82) is 0 Å². The molecule has 0 unspecified atom stereocenters. The Morgan fingerprint density at radius 1 is 0.914 bits per heavy atom. The van der Waals surface area contributed by atoms with Crippen molar-refractivity contribution in [3.05, 3.63) is 82.0 Å². The Morgan fingerprint density at radius 2 is 1.63 bits per heavy atom. The van der Waals surface area contributed by atoms with Crippen LogP contribution in [0.2, 0.25) is 0 Å². The Morgan fingerprint density at radius 3 is 2.34 bits per heavy atom. The van der Waals surface area contributed by atoms with Gasteiger partial charge in [-0.15, -0.1) is 11.3 Å². The number of urea groups is 1.